The molecule has 0 atom stereocenters. The molecule has 0 saturated carbocycles. The minimum Gasteiger partial charge on any atom is -0.495 e. The van der Waals surface area contributed by atoms with Crippen LogP contribution in [0.2, 0.25) is 0 Å². The highest BCUT2D eigenvalue weighted by Crippen LogP contribution is 2.25. The average molecular weight is 415 g/mol. The summed E-state index contributed by atoms with van der Waals surface area (Å²) in [6.45, 7) is 0.0249. The Balaban J connectivity index is 1.57. The number of ether oxygens (including phenoxy) is 1. The zero-order valence-corrected chi connectivity index (χ0v) is 17.0. The molecule has 5 rings (SSSR count). The Morgan fingerprint density at radius 3 is 2.68 bits per heavy atom. The van der Waals surface area contributed by atoms with Gasteiger partial charge in [-0.1, -0.05) is 42.5 Å². The molecule has 4 aromatic rings. The first-order valence-electron chi connectivity index (χ1n) is 10.2. The lowest BCUT2D eigenvalue weighted by Crippen LogP contribution is -2.28. The van der Waals surface area contributed by atoms with Gasteiger partial charge in [0.2, 0.25) is 11.7 Å². The number of carbonyl (C=O) groups excluding carboxylic acids is 1. The number of anilines is 1. The van der Waals surface area contributed by atoms with Crippen LogP contribution in [0.1, 0.15) is 17.7 Å². The first-order chi connectivity index (χ1) is 15.2. The number of nitrogens with one attached hydrogen (secondary N) is 1. The Morgan fingerprint density at radius 2 is 1.87 bits per heavy atom. The number of para-hydroxylation sites is 2. The van der Waals surface area contributed by atoms with Gasteiger partial charge in [0.05, 0.1) is 12.8 Å². The van der Waals surface area contributed by atoms with Gasteiger partial charge < -0.3 is 14.6 Å². The monoisotopic (exact) mass is 415 g/mol. The van der Waals surface area contributed by atoms with Gasteiger partial charge in [-0.2, -0.15) is 9.50 Å². The average Bonchev–Trinajstić information content (AvgIpc) is 3.46. The highest BCUT2D eigenvalue weighted by molar-refractivity contribution is 5.92. The molecular formula is C23H21N5O3. The van der Waals surface area contributed by atoms with Crippen LogP contribution in [0.3, 0.4) is 0 Å². The van der Waals surface area contributed by atoms with E-state index < -0.39 is 0 Å². The molecule has 0 radical (unpaired) electrons. The van der Waals surface area contributed by atoms with Crippen molar-refractivity contribution < 1.29 is 9.53 Å². The van der Waals surface area contributed by atoms with Crippen molar-refractivity contribution in [3.8, 4) is 17.1 Å². The van der Waals surface area contributed by atoms with Crippen LogP contribution in [0.4, 0.5) is 5.69 Å². The van der Waals surface area contributed by atoms with Gasteiger partial charge in [-0.15, -0.1) is 5.10 Å². The highest BCUT2D eigenvalue weighted by Gasteiger charge is 2.25. The van der Waals surface area contributed by atoms with Crippen molar-refractivity contribution in [2.75, 3.05) is 12.4 Å². The number of hydrogen-bond acceptors (Lipinski definition) is 5. The van der Waals surface area contributed by atoms with E-state index in [1.165, 1.54) is 4.52 Å². The first-order valence-corrected chi connectivity index (χ1v) is 10.2. The molecule has 0 fully saturated rings. The summed E-state index contributed by atoms with van der Waals surface area (Å²) in [6.07, 6.45) is 2.28. The molecule has 156 valence electrons. The van der Waals surface area contributed by atoms with Gasteiger partial charge in [0.1, 0.15) is 12.3 Å². The van der Waals surface area contributed by atoms with E-state index in [4.69, 9.17) is 4.74 Å². The third-order valence-electron chi connectivity index (χ3n) is 5.51. The van der Waals surface area contributed by atoms with Crippen LogP contribution in [-0.2, 0) is 24.2 Å². The number of nitrogens with zero attached hydrogens (tertiary/aromatic N) is 4. The molecule has 1 aliphatic carbocycles. The quantitative estimate of drug-likeness (QED) is 0.541. The third kappa shape index (κ3) is 3.35. The molecule has 31 heavy (non-hydrogen) atoms. The summed E-state index contributed by atoms with van der Waals surface area (Å²) in [5.41, 5.74) is 2.83. The topological polar surface area (TPSA) is 90.5 Å². The summed E-state index contributed by atoms with van der Waals surface area (Å²) in [7, 11) is 1.56. The maximum Gasteiger partial charge on any atom is 0.279 e. The second-order valence-corrected chi connectivity index (χ2v) is 7.43. The van der Waals surface area contributed by atoms with E-state index >= 15 is 0 Å². The van der Waals surface area contributed by atoms with Crippen molar-refractivity contribution in [3.63, 3.8) is 0 Å². The third-order valence-corrected chi connectivity index (χ3v) is 5.51. The van der Waals surface area contributed by atoms with Crippen LogP contribution in [-0.4, -0.2) is 32.2 Å². The fourth-order valence-electron chi connectivity index (χ4n) is 4.08. The van der Waals surface area contributed by atoms with Crippen molar-refractivity contribution in [1.82, 2.24) is 19.2 Å². The summed E-state index contributed by atoms with van der Waals surface area (Å²) in [5.74, 6) is 1.19. The summed E-state index contributed by atoms with van der Waals surface area (Å²) in [5, 5.41) is 7.36. The van der Waals surface area contributed by atoms with Crippen LogP contribution >= 0.6 is 0 Å². The van der Waals surface area contributed by atoms with Crippen LogP contribution in [0, 0.1) is 0 Å². The molecule has 1 N–H and O–H groups in total. The number of methoxy groups -OCH3 is 1. The van der Waals surface area contributed by atoms with Gasteiger partial charge in [0.15, 0.2) is 5.82 Å². The summed E-state index contributed by atoms with van der Waals surface area (Å²) < 4.78 is 8.46. The van der Waals surface area contributed by atoms with Crippen molar-refractivity contribution >= 4 is 17.4 Å². The molecule has 1 amide bonds. The van der Waals surface area contributed by atoms with Crippen LogP contribution in [0.5, 0.6) is 5.75 Å². The van der Waals surface area contributed by atoms with Crippen molar-refractivity contribution in [2.45, 2.75) is 25.8 Å². The maximum atomic E-state index is 13.0. The Morgan fingerprint density at radius 1 is 1.10 bits per heavy atom. The maximum absolute atomic E-state index is 13.0. The largest absolute Gasteiger partial charge is 0.495 e. The van der Waals surface area contributed by atoms with E-state index in [1.54, 1.807) is 19.2 Å². The summed E-state index contributed by atoms with van der Waals surface area (Å²) in [6, 6.07) is 16.7. The van der Waals surface area contributed by atoms with Gasteiger partial charge in [0.25, 0.3) is 5.56 Å². The van der Waals surface area contributed by atoms with E-state index in [1.807, 2.05) is 47.0 Å². The molecule has 0 spiro atoms. The molecule has 0 bridgehead atoms. The fraction of sp³-hybridized carbons (Fsp3) is 0.217. The fourth-order valence-corrected chi connectivity index (χ4v) is 4.08. The molecule has 0 aliphatic heterocycles. The predicted molar refractivity (Wildman–Crippen MR) is 116 cm³/mol. The number of carbonyl (C=O) groups is 1. The van der Waals surface area contributed by atoms with E-state index in [-0.39, 0.29) is 18.0 Å². The Bertz CT molecular complexity index is 1340. The molecular weight excluding hydrogens is 394 g/mol. The minimum absolute atomic E-state index is 0.0249. The number of amides is 1. The van der Waals surface area contributed by atoms with Crippen LogP contribution in [0.15, 0.2) is 59.4 Å². The van der Waals surface area contributed by atoms with E-state index in [0.717, 1.165) is 24.1 Å². The van der Waals surface area contributed by atoms with Gasteiger partial charge in [-0.25, -0.2) is 0 Å². The molecule has 2 aromatic heterocycles. The van der Waals surface area contributed by atoms with Gasteiger partial charge in [0, 0.05) is 16.8 Å². The standard InChI is InChI=1S/C23H21N5O3/c1-31-19-13-6-5-11-17(19)24-20(29)14-27-18-12-7-10-16(18)22(30)28-23(27)25-21(26-28)15-8-3-2-4-9-15/h2-6,8-9,11,13H,7,10,12,14H2,1H3,(H,24,29). The molecule has 8 heteroatoms. The normalized spacial score (nSPS) is 12.7. The smallest absolute Gasteiger partial charge is 0.279 e. The number of hydrogen-bond donors (Lipinski definition) is 1. The lowest BCUT2D eigenvalue weighted by Gasteiger charge is -2.14. The first kappa shape index (κ1) is 19.0. The number of rotatable bonds is 5. The van der Waals surface area contributed by atoms with Gasteiger partial charge in [-0.3, -0.25) is 9.59 Å². The van der Waals surface area contributed by atoms with Crippen LogP contribution in [0.25, 0.3) is 17.2 Å². The molecule has 1 aliphatic rings. The van der Waals surface area contributed by atoms with Gasteiger partial charge in [-0.05, 0) is 31.4 Å². The zero-order valence-electron chi connectivity index (χ0n) is 17.0. The molecule has 0 unspecified atom stereocenters. The minimum atomic E-state index is -0.228. The molecule has 2 heterocycles. The lowest BCUT2D eigenvalue weighted by atomic mass is 10.2. The number of fused-ring (bicyclic) bond motifs is 2. The van der Waals surface area contributed by atoms with Gasteiger partial charge >= 0.3 is 0 Å². The number of aromatic nitrogens is 4. The van der Waals surface area contributed by atoms with Crippen molar-refractivity contribution in [2.24, 2.45) is 0 Å². The Hall–Kier alpha value is -3.94. The molecule has 0 saturated heterocycles. The second kappa shape index (κ2) is 7.71. The SMILES string of the molecule is COc1ccccc1NC(=O)Cn1c2c(c(=O)n3nc(-c4ccccc4)nc13)CCC2. The lowest BCUT2D eigenvalue weighted by molar-refractivity contribution is -0.116. The summed E-state index contributed by atoms with van der Waals surface area (Å²) >= 11 is 0. The van der Waals surface area contributed by atoms with E-state index in [0.29, 0.717) is 35.0 Å². The molecule has 2 aromatic carbocycles. The highest BCUT2D eigenvalue weighted by atomic mass is 16.5. The van der Waals surface area contributed by atoms with Crippen molar-refractivity contribution in [1.29, 1.82) is 0 Å². The Kier molecular flexibility index (Phi) is 4.74. The Labute approximate surface area is 178 Å². The van der Waals surface area contributed by atoms with Crippen LogP contribution < -0.4 is 15.6 Å². The van der Waals surface area contributed by atoms with E-state index in [9.17, 15) is 9.59 Å². The predicted octanol–water partition coefficient (Wildman–Crippen LogP) is 2.69. The van der Waals surface area contributed by atoms with E-state index in [2.05, 4.69) is 15.4 Å². The zero-order chi connectivity index (χ0) is 21.4. The summed E-state index contributed by atoms with van der Waals surface area (Å²) in [4.78, 5) is 30.6. The molecule has 8 nitrogen and oxygen atoms in total. The van der Waals surface area contributed by atoms with Crippen molar-refractivity contribution in [3.05, 3.63) is 76.2 Å². The second-order valence-electron chi connectivity index (χ2n) is 7.43. The number of benzene rings is 2.